The SMILES string of the molecule is CCCCCCCCCC[N+]([O-])(CCCCCCCCCC)CCCCCCCCCC. The molecule has 0 radical (unpaired) electrons. The quantitative estimate of drug-likeness (QED) is 0.0688. The summed E-state index contributed by atoms with van der Waals surface area (Å²) in [5.74, 6) is 0. The third-order valence-electron chi connectivity index (χ3n) is 7.26. The highest BCUT2D eigenvalue weighted by Crippen LogP contribution is 2.18. The van der Waals surface area contributed by atoms with Crippen molar-refractivity contribution in [2.75, 3.05) is 19.6 Å². The maximum absolute atomic E-state index is 13.6. The Hall–Kier alpha value is -0.0800. The van der Waals surface area contributed by atoms with Crippen molar-refractivity contribution in [1.29, 1.82) is 0 Å². The van der Waals surface area contributed by atoms with Crippen LogP contribution in [0.4, 0.5) is 0 Å². The van der Waals surface area contributed by atoms with Crippen molar-refractivity contribution in [1.82, 2.24) is 0 Å². The molecule has 0 unspecified atom stereocenters. The second kappa shape index (κ2) is 25.5. The average Bonchev–Trinajstić information content (AvgIpc) is 2.79. The van der Waals surface area contributed by atoms with Gasteiger partial charge in [-0.2, -0.15) is 0 Å². The summed E-state index contributed by atoms with van der Waals surface area (Å²) in [5, 5.41) is 13.6. The van der Waals surface area contributed by atoms with Gasteiger partial charge in [0, 0.05) is 0 Å². The molecule has 0 heterocycles. The molecule has 0 spiro atoms. The zero-order valence-electron chi connectivity index (χ0n) is 22.9. The predicted molar refractivity (Wildman–Crippen MR) is 146 cm³/mol. The second-order valence-electron chi connectivity index (χ2n) is 10.7. The van der Waals surface area contributed by atoms with Crippen LogP contribution in [0.15, 0.2) is 0 Å². The molecule has 0 aromatic heterocycles. The van der Waals surface area contributed by atoms with Crippen LogP contribution in [0.25, 0.3) is 0 Å². The third kappa shape index (κ3) is 23.1. The van der Waals surface area contributed by atoms with Gasteiger partial charge in [0.15, 0.2) is 0 Å². The van der Waals surface area contributed by atoms with Crippen LogP contribution in [0, 0.1) is 5.21 Å². The summed E-state index contributed by atoms with van der Waals surface area (Å²) < 4.78 is 0.113. The van der Waals surface area contributed by atoms with E-state index in [0.717, 1.165) is 38.9 Å². The van der Waals surface area contributed by atoms with Gasteiger partial charge < -0.3 is 9.85 Å². The Labute approximate surface area is 204 Å². The average molecular weight is 454 g/mol. The van der Waals surface area contributed by atoms with E-state index in [-0.39, 0.29) is 4.65 Å². The Bertz CT molecular complexity index is 293. The summed E-state index contributed by atoms with van der Waals surface area (Å²) in [6.45, 7) is 9.48. The Morgan fingerprint density at radius 2 is 0.500 bits per heavy atom. The molecule has 0 aliphatic carbocycles. The maximum Gasteiger partial charge on any atom is 0.0783 e. The minimum atomic E-state index is 0.113. The number of unbranched alkanes of at least 4 members (excludes halogenated alkanes) is 21. The fourth-order valence-corrected chi connectivity index (χ4v) is 4.94. The summed E-state index contributed by atoms with van der Waals surface area (Å²) >= 11 is 0. The Morgan fingerprint density at radius 3 is 0.719 bits per heavy atom. The molecule has 2 heteroatoms. The largest absolute Gasteiger partial charge is 0.633 e. The Kier molecular flexibility index (Phi) is 25.5. The van der Waals surface area contributed by atoms with Crippen LogP contribution >= 0.6 is 0 Å². The fraction of sp³-hybridized carbons (Fsp3) is 1.00. The van der Waals surface area contributed by atoms with Gasteiger partial charge in [-0.05, 0) is 38.5 Å². The first-order valence-electron chi connectivity index (χ1n) is 15.3. The van der Waals surface area contributed by atoms with Crippen LogP contribution in [-0.4, -0.2) is 24.3 Å². The third-order valence-corrected chi connectivity index (χ3v) is 7.26. The van der Waals surface area contributed by atoms with Gasteiger partial charge in [-0.15, -0.1) is 0 Å². The Morgan fingerprint density at radius 1 is 0.312 bits per heavy atom. The Balaban J connectivity index is 4.04. The normalized spacial score (nSPS) is 12.0. The van der Waals surface area contributed by atoms with Crippen molar-refractivity contribution in [3.05, 3.63) is 5.21 Å². The first kappa shape index (κ1) is 31.9. The van der Waals surface area contributed by atoms with Crippen LogP contribution in [0.3, 0.4) is 0 Å². The van der Waals surface area contributed by atoms with E-state index in [9.17, 15) is 5.21 Å². The molecular weight excluding hydrogens is 390 g/mol. The molecule has 0 fully saturated rings. The number of nitrogens with zero attached hydrogens (tertiary/aromatic N) is 1. The predicted octanol–water partition coefficient (Wildman–Crippen LogP) is 10.7. The van der Waals surface area contributed by atoms with E-state index in [1.807, 2.05) is 0 Å². The lowest BCUT2D eigenvalue weighted by atomic mass is 10.1. The van der Waals surface area contributed by atoms with E-state index in [1.54, 1.807) is 0 Å². The molecule has 0 amide bonds. The standard InChI is InChI=1S/C30H63NO/c1-4-7-10-13-16-19-22-25-28-31(32,29-26-23-20-17-14-11-8-5-2)30-27-24-21-18-15-12-9-6-3/h4-30H2,1-3H3. The van der Waals surface area contributed by atoms with Gasteiger partial charge in [0.05, 0.1) is 19.6 Å². The molecule has 0 aliphatic heterocycles. The van der Waals surface area contributed by atoms with Crippen molar-refractivity contribution < 1.29 is 4.65 Å². The molecular formula is C30H63NO. The van der Waals surface area contributed by atoms with Gasteiger partial charge in [0.2, 0.25) is 0 Å². The highest BCUT2D eigenvalue weighted by molar-refractivity contribution is 4.54. The lowest BCUT2D eigenvalue weighted by molar-refractivity contribution is -0.881. The van der Waals surface area contributed by atoms with E-state index in [4.69, 9.17) is 0 Å². The molecule has 0 saturated heterocycles. The van der Waals surface area contributed by atoms with Crippen LogP contribution in [0.5, 0.6) is 0 Å². The van der Waals surface area contributed by atoms with E-state index in [2.05, 4.69) is 20.8 Å². The maximum atomic E-state index is 13.6. The zero-order valence-corrected chi connectivity index (χ0v) is 22.9. The van der Waals surface area contributed by atoms with Gasteiger partial charge in [0.25, 0.3) is 0 Å². The molecule has 0 aromatic rings. The highest BCUT2D eigenvalue weighted by Gasteiger charge is 2.16. The summed E-state index contributed by atoms with van der Waals surface area (Å²) in [6.07, 6.45) is 31.8. The molecule has 32 heavy (non-hydrogen) atoms. The minimum absolute atomic E-state index is 0.113. The lowest BCUT2D eigenvalue weighted by Crippen LogP contribution is -2.44. The molecule has 0 rings (SSSR count). The molecule has 0 N–H and O–H groups in total. The van der Waals surface area contributed by atoms with Crippen LogP contribution < -0.4 is 0 Å². The highest BCUT2D eigenvalue weighted by atomic mass is 16.5. The number of hydrogen-bond donors (Lipinski definition) is 0. The molecule has 0 saturated carbocycles. The van der Waals surface area contributed by atoms with Crippen molar-refractivity contribution >= 4 is 0 Å². The van der Waals surface area contributed by atoms with Crippen molar-refractivity contribution in [2.45, 2.75) is 175 Å². The molecule has 0 bridgehead atoms. The number of hydrogen-bond acceptors (Lipinski definition) is 1. The number of hydroxylamine groups is 3. The summed E-state index contributed by atoms with van der Waals surface area (Å²) in [6, 6.07) is 0. The first-order chi connectivity index (χ1) is 15.7. The molecule has 0 aliphatic rings. The monoisotopic (exact) mass is 453 g/mol. The topological polar surface area (TPSA) is 23.1 Å². The van der Waals surface area contributed by atoms with E-state index >= 15 is 0 Å². The summed E-state index contributed by atoms with van der Waals surface area (Å²) in [7, 11) is 0. The van der Waals surface area contributed by atoms with Gasteiger partial charge >= 0.3 is 0 Å². The van der Waals surface area contributed by atoms with Gasteiger partial charge in [-0.25, -0.2) is 0 Å². The van der Waals surface area contributed by atoms with E-state index in [0.29, 0.717) is 0 Å². The first-order valence-corrected chi connectivity index (χ1v) is 15.3. The molecule has 0 atom stereocenters. The number of quaternary nitrogens is 1. The molecule has 0 aromatic carbocycles. The lowest BCUT2D eigenvalue weighted by Gasteiger charge is -2.43. The fourth-order valence-electron chi connectivity index (χ4n) is 4.94. The van der Waals surface area contributed by atoms with Crippen molar-refractivity contribution in [3.8, 4) is 0 Å². The van der Waals surface area contributed by atoms with Crippen LogP contribution in [0.2, 0.25) is 0 Å². The zero-order chi connectivity index (χ0) is 23.6. The summed E-state index contributed by atoms with van der Waals surface area (Å²) in [4.78, 5) is 0. The van der Waals surface area contributed by atoms with E-state index in [1.165, 1.54) is 135 Å². The van der Waals surface area contributed by atoms with Gasteiger partial charge in [-0.3, -0.25) is 0 Å². The summed E-state index contributed by atoms with van der Waals surface area (Å²) in [5.41, 5.74) is 0. The van der Waals surface area contributed by atoms with Gasteiger partial charge in [-0.1, -0.05) is 136 Å². The second-order valence-corrected chi connectivity index (χ2v) is 10.7. The van der Waals surface area contributed by atoms with Crippen LogP contribution in [0.1, 0.15) is 175 Å². The minimum Gasteiger partial charge on any atom is -0.633 e. The molecule has 2 nitrogen and oxygen atoms in total. The smallest absolute Gasteiger partial charge is 0.0783 e. The molecule has 194 valence electrons. The van der Waals surface area contributed by atoms with E-state index < -0.39 is 0 Å². The van der Waals surface area contributed by atoms with Gasteiger partial charge in [0.1, 0.15) is 0 Å². The number of rotatable bonds is 27. The van der Waals surface area contributed by atoms with Crippen molar-refractivity contribution in [2.24, 2.45) is 0 Å². The van der Waals surface area contributed by atoms with Crippen LogP contribution in [-0.2, 0) is 0 Å². The van der Waals surface area contributed by atoms with Crippen molar-refractivity contribution in [3.63, 3.8) is 0 Å².